The highest BCUT2D eigenvalue weighted by Gasteiger charge is 2.41. The number of piperidine rings is 1. The molecule has 0 spiro atoms. The Labute approximate surface area is 101 Å². The minimum atomic E-state index is -0.423. The van der Waals surface area contributed by atoms with Crippen LogP contribution in [0.5, 0.6) is 0 Å². The first kappa shape index (κ1) is 12.2. The van der Waals surface area contributed by atoms with E-state index in [-0.39, 0.29) is 18.0 Å². The van der Waals surface area contributed by atoms with Gasteiger partial charge in [0, 0.05) is 20.0 Å². The number of esters is 1. The van der Waals surface area contributed by atoms with Gasteiger partial charge in [-0.1, -0.05) is 0 Å². The topological polar surface area (TPSA) is 61.9 Å². The second kappa shape index (κ2) is 4.91. The van der Waals surface area contributed by atoms with Gasteiger partial charge in [-0.2, -0.15) is 0 Å². The third-order valence-electron chi connectivity index (χ3n) is 3.29. The first-order valence-corrected chi connectivity index (χ1v) is 6.01. The fourth-order valence-electron chi connectivity index (χ4n) is 2.48. The number of urea groups is 1. The molecule has 2 aliphatic rings. The number of nitrogens with one attached hydrogen (secondary N) is 1. The lowest BCUT2D eigenvalue weighted by molar-refractivity contribution is -0.153. The van der Waals surface area contributed by atoms with Crippen LogP contribution >= 0.6 is 0 Å². The van der Waals surface area contributed by atoms with Gasteiger partial charge in [0.15, 0.2) is 6.23 Å². The summed E-state index contributed by atoms with van der Waals surface area (Å²) < 4.78 is 5.22. The van der Waals surface area contributed by atoms with E-state index >= 15 is 0 Å². The van der Waals surface area contributed by atoms with E-state index in [0.717, 1.165) is 25.9 Å². The second-order valence-electron chi connectivity index (χ2n) is 4.62. The van der Waals surface area contributed by atoms with Gasteiger partial charge in [0.05, 0.1) is 6.54 Å². The molecule has 0 saturated carbocycles. The lowest BCUT2D eigenvalue weighted by Crippen LogP contribution is -2.49. The van der Waals surface area contributed by atoms with Crippen LogP contribution in [0.4, 0.5) is 4.79 Å². The van der Waals surface area contributed by atoms with Gasteiger partial charge in [-0.3, -0.25) is 9.69 Å². The number of carbonyl (C=O) groups excluding carboxylic acids is 2. The summed E-state index contributed by atoms with van der Waals surface area (Å²) in [5.41, 5.74) is 0. The third kappa shape index (κ3) is 2.52. The van der Waals surface area contributed by atoms with Gasteiger partial charge in [-0.25, -0.2) is 4.79 Å². The van der Waals surface area contributed by atoms with E-state index in [4.69, 9.17) is 4.74 Å². The maximum Gasteiger partial charge on any atom is 0.323 e. The molecule has 17 heavy (non-hydrogen) atoms. The summed E-state index contributed by atoms with van der Waals surface area (Å²) in [5, 5.41) is 3.26. The number of likely N-dealkylation sites (N-methyl/N-ethyl adjacent to an activating group) is 1. The molecule has 2 saturated heterocycles. The van der Waals surface area contributed by atoms with Gasteiger partial charge in [-0.05, 0) is 25.9 Å². The summed E-state index contributed by atoms with van der Waals surface area (Å²) in [7, 11) is 1.74. The van der Waals surface area contributed by atoms with Crippen molar-refractivity contribution in [1.29, 1.82) is 0 Å². The molecule has 6 nitrogen and oxygen atoms in total. The van der Waals surface area contributed by atoms with E-state index in [2.05, 4.69) is 5.32 Å². The molecule has 1 N–H and O–H groups in total. The van der Waals surface area contributed by atoms with Crippen molar-refractivity contribution in [2.24, 2.45) is 0 Å². The minimum Gasteiger partial charge on any atom is -0.440 e. The number of hydrogen-bond acceptors (Lipinski definition) is 4. The Morgan fingerprint density at radius 1 is 1.41 bits per heavy atom. The van der Waals surface area contributed by atoms with Crippen molar-refractivity contribution in [2.75, 3.05) is 26.7 Å². The number of ether oxygens (including phenoxy) is 1. The maximum atomic E-state index is 12.0. The highest BCUT2D eigenvalue weighted by Crippen LogP contribution is 2.23. The molecule has 2 aliphatic heterocycles. The summed E-state index contributed by atoms with van der Waals surface area (Å²) in [6.07, 6.45) is 1.41. The fraction of sp³-hybridized carbons (Fsp3) is 0.818. The van der Waals surface area contributed by atoms with Crippen LogP contribution in [0.15, 0.2) is 0 Å². The van der Waals surface area contributed by atoms with Gasteiger partial charge in [0.25, 0.3) is 0 Å². The molecule has 96 valence electrons. The number of carbonyl (C=O) groups is 2. The molecule has 2 fully saturated rings. The van der Waals surface area contributed by atoms with Crippen molar-refractivity contribution < 1.29 is 14.3 Å². The molecule has 6 heteroatoms. The van der Waals surface area contributed by atoms with Gasteiger partial charge in [0.1, 0.15) is 0 Å². The minimum absolute atomic E-state index is 0.0387. The van der Waals surface area contributed by atoms with Crippen LogP contribution in [0, 0.1) is 0 Å². The molecule has 2 heterocycles. The summed E-state index contributed by atoms with van der Waals surface area (Å²) in [6, 6.07) is 0.140. The largest absolute Gasteiger partial charge is 0.440 e. The molecule has 0 radical (unpaired) electrons. The van der Waals surface area contributed by atoms with E-state index in [1.54, 1.807) is 16.8 Å². The van der Waals surface area contributed by atoms with Crippen molar-refractivity contribution in [3.63, 3.8) is 0 Å². The molecule has 0 aromatic heterocycles. The van der Waals surface area contributed by atoms with Gasteiger partial charge >= 0.3 is 12.0 Å². The quantitative estimate of drug-likeness (QED) is 0.691. The molecule has 0 aromatic carbocycles. The first-order valence-electron chi connectivity index (χ1n) is 6.01. The van der Waals surface area contributed by atoms with Crippen LogP contribution in [0.2, 0.25) is 0 Å². The summed E-state index contributed by atoms with van der Waals surface area (Å²) in [5.74, 6) is -0.336. The normalized spacial score (nSPS) is 26.5. The average Bonchev–Trinajstić information content (AvgIpc) is 2.55. The number of rotatable bonds is 2. The van der Waals surface area contributed by atoms with Crippen LogP contribution in [-0.2, 0) is 9.53 Å². The molecule has 2 amide bonds. The number of hydrogen-bond donors (Lipinski definition) is 1. The van der Waals surface area contributed by atoms with E-state index in [9.17, 15) is 9.59 Å². The van der Waals surface area contributed by atoms with Crippen LogP contribution in [0.25, 0.3) is 0 Å². The Morgan fingerprint density at radius 3 is 2.65 bits per heavy atom. The van der Waals surface area contributed by atoms with Crippen LogP contribution < -0.4 is 5.32 Å². The molecular formula is C11H19N3O3. The van der Waals surface area contributed by atoms with E-state index in [0.29, 0.717) is 6.54 Å². The standard InChI is InChI=1S/C11H19N3O3/c1-8(15)17-10-7-13(2)11(16)14(10)9-3-5-12-6-4-9/h9-10,12H,3-7H2,1-2H3. The molecular weight excluding hydrogens is 222 g/mol. The van der Waals surface area contributed by atoms with E-state index in [1.165, 1.54) is 6.92 Å². The molecule has 0 bridgehead atoms. The Morgan fingerprint density at radius 2 is 2.06 bits per heavy atom. The lowest BCUT2D eigenvalue weighted by atomic mass is 10.1. The number of amides is 2. The predicted molar refractivity (Wildman–Crippen MR) is 61.3 cm³/mol. The number of nitrogens with zero attached hydrogens (tertiary/aromatic N) is 2. The van der Waals surface area contributed by atoms with Gasteiger partial charge in [-0.15, -0.1) is 0 Å². The van der Waals surface area contributed by atoms with Crippen LogP contribution in [-0.4, -0.2) is 60.8 Å². The second-order valence-corrected chi connectivity index (χ2v) is 4.62. The monoisotopic (exact) mass is 241 g/mol. The Kier molecular flexibility index (Phi) is 3.51. The maximum absolute atomic E-state index is 12.0. The summed E-state index contributed by atoms with van der Waals surface area (Å²) in [4.78, 5) is 26.4. The smallest absolute Gasteiger partial charge is 0.323 e. The zero-order valence-corrected chi connectivity index (χ0v) is 10.3. The van der Waals surface area contributed by atoms with Crippen molar-refractivity contribution >= 4 is 12.0 Å². The third-order valence-corrected chi connectivity index (χ3v) is 3.29. The SMILES string of the molecule is CC(=O)OC1CN(C)C(=O)N1C1CCNCC1. The van der Waals surface area contributed by atoms with Gasteiger partial charge in [0.2, 0.25) is 0 Å². The van der Waals surface area contributed by atoms with Gasteiger partial charge < -0.3 is 15.0 Å². The predicted octanol–water partition coefficient (Wildman–Crippen LogP) is -0.00500. The molecule has 2 rings (SSSR count). The van der Waals surface area contributed by atoms with E-state index < -0.39 is 6.23 Å². The molecule has 1 unspecified atom stereocenters. The van der Waals surface area contributed by atoms with Crippen molar-refractivity contribution in [3.05, 3.63) is 0 Å². The van der Waals surface area contributed by atoms with Crippen molar-refractivity contribution in [1.82, 2.24) is 15.1 Å². The Balaban J connectivity index is 2.08. The highest BCUT2D eigenvalue weighted by molar-refractivity contribution is 5.77. The average molecular weight is 241 g/mol. The molecule has 0 aliphatic carbocycles. The van der Waals surface area contributed by atoms with Crippen molar-refractivity contribution in [2.45, 2.75) is 32.0 Å². The lowest BCUT2D eigenvalue weighted by Gasteiger charge is -2.34. The highest BCUT2D eigenvalue weighted by atomic mass is 16.6. The Hall–Kier alpha value is -1.30. The van der Waals surface area contributed by atoms with Crippen LogP contribution in [0.1, 0.15) is 19.8 Å². The summed E-state index contributed by atoms with van der Waals surface area (Å²) in [6.45, 7) is 3.65. The molecule has 1 atom stereocenters. The van der Waals surface area contributed by atoms with Crippen molar-refractivity contribution in [3.8, 4) is 0 Å². The molecule has 0 aromatic rings. The zero-order chi connectivity index (χ0) is 12.4. The first-order chi connectivity index (χ1) is 8.09. The van der Waals surface area contributed by atoms with Crippen LogP contribution in [0.3, 0.4) is 0 Å². The fourth-order valence-corrected chi connectivity index (χ4v) is 2.48. The summed E-state index contributed by atoms with van der Waals surface area (Å²) >= 11 is 0. The zero-order valence-electron chi connectivity index (χ0n) is 10.3. The van der Waals surface area contributed by atoms with E-state index in [1.807, 2.05) is 0 Å². The Bertz CT molecular complexity index is 315.